The SMILES string of the molecule is COc1nc(-c2cccc(-c3cccc(Nc4nccc5c4c(=O)n(C)c(=O)n5C)c3C)c2Cl)cc2c1[C@@H](N1CCC(C(=O)O)CC1)CC2. The molecule has 49 heavy (non-hydrogen) atoms. The fourth-order valence-electron chi connectivity index (χ4n) is 7.45. The van der Waals surface area contributed by atoms with Crippen LogP contribution in [0.3, 0.4) is 0 Å². The molecule has 1 saturated heterocycles. The number of halogens is 1. The number of aromatic nitrogens is 4. The number of likely N-dealkylation sites (tertiary alicyclic amines) is 1. The molecule has 0 amide bonds. The first-order valence-electron chi connectivity index (χ1n) is 16.3. The van der Waals surface area contributed by atoms with E-state index in [1.54, 1.807) is 26.4 Å². The molecule has 1 atom stereocenters. The number of aliphatic carboxylic acids is 1. The Morgan fingerprint density at radius 1 is 1.00 bits per heavy atom. The average Bonchev–Trinajstić information content (AvgIpc) is 3.55. The second-order valence-corrected chi connectivity index (χ2v) is 13.2. The summed E-state index contributed by atoms with van der Waals surface area (Å²) >= 11 is 7.20. The Kier molecular flexibility index (Phi) is 8.50. The van der Waals surface area contributed by atoms with Gasteiger partial charge in [-0.25, -0.2) is 14.8 Å². The fourth-order valence-corrected chi connectivity index (χ4v) is 7.77. The summed E-state index contributed by atoms with van der Waals surface area (Å²) in [5.41, 5.74) is 6.77. The van der Waals surface area contributed by atoms with Gasteiger partial charge in [0.2, 0.25) is 5.88 Å². The number of hydrogen-bond acceptors (Lipinski definition) is 8. The number of fused-ring (bicyclic) bond motifs is 2. The number of pyridine rings is 2. The molecule has 0 saturated carbocycles. The number of methoxy groups -OCH3 is 1. The topological polar surface area (TPSA) is 132 Å². The molecule has 2 N–H and O–H groups in total. The summed E-state index contributed by atoms with van der Waals surface area (Å²) in [5.74, 6) is -0.0662. The van der Waals surface area contributed by atoms with E-state index in [0.717, 1.165) is 69.7 Å². The van der Waals surface area contributed by atoms with E-state index in [1.807, 2.05) is 43.3 Å². The number of rotatable bonds is 7. The number of nitrogens with one attached hydrogen (secondary N) is 1. The molecule has 3 aromatic heterocycles. The molecular formula is C37H37ClN6O5. The van der Waals surface area contributed by atoms with Crippen molar-refractivity contribution >= 4 is 40.0 Å². The third-order valence-corrected chi connectivity index (χ3v) is 10.6. The molecule has 4 heterocycles. The van der Waals surface area contributed by atoms with Gasteiger partial charge < -0.3 is 15.2 Å². The van der Waals surface area contributed by atoms with Crippen molar-refractivity contribution in [3.63, 3.8) is 0 Å². The lowest BCUT2D eigenvalue weighted by Gasteiger charge is -2.35. The quantitative estimate of drug-likeness (QED) is 0.217. The Hall–Kier alpha value is -5.00. The number of anilines is 2. The van der Waals surface area contributed by atoms with Crippen molar-refractivity contribution in [3.05, 3.63) is 97.3 Å². The van der Waals surface area contributed by atoms with Crippen LogP contribution in [0, 0.1) is 12.8 Å². The largest absolute Gasteiger partial charge is 0.481 e. The van der Waals surface area contributed by atoms with Crippen LogP contribution in [0.5, 0.6) is 5.88 Å². The predicted molar refractivity (Wildman–Crippen MR) is 190 cm³/mol. The zero-order chi connectivity index (χ0) is 34.6. The first-order chi connectivity index (χ1) is 23.6. The second kappa shape index (κ2) is 12.8. The smallest absolute Gasteiger partial charge is 0.330 e. The lowest BCUT2D eigenvalue weighted by atomic mass is 9.94. The van der Waals surface area contributed by atoms with Crippen LogP contribution in [-0.2, 0) is 25.3 Å². The summed E-state index contributed by atoms with van der Waals surface area (Å²) in [7, 11) is 4.72. The van der Waals surface area contributed by atoms with Crippen LogP contribution in [0.15, 0.2) is 64.3 Å². The van der Waals surface area contributed by atoms with Crippen molar-refractivity contribution in [2.24, 2.45) is 20.0 Å². The number of piperidine rings is 1. The highest BCUT2D eigenvalue weighted by molar-refractivity contribution is 6.36. The van der Waals surface area contributed by atoms with E-state index in [0.29, 0.717) is 40.5 Å². The number of benzene rings is 2. The molecule has 1 aliphatic carbocycles. The van der Waals surface area contributed by atoms with Gasteiger partial charge in [-0.1, -0.05) is 41.9 Å². The Balaban J connectivity index is 1.23. The molecule has 2 aliphatic rings. The van der Waals surface area contributed by atoms with Crippen LogP contribution in [0.1, 0.15) is 42.0 Å². The first-order valence-corrected chi connectivity index (χ1v) is 16.7. The average molecular weight is 681 g/mol. The minimum absolute atomic E-state index is 0.141. The van der Waals surface area contributed by atoms with Gasteiger partial charge in [-0.05, 0) is 80.6 Å². The summed E-state index contributed by atoms with van der Waals surface area (Å²) in [5, 5.41) is 13.7. The predicted octanol–water partition coefficient (Wildman–Crippen LogP) is 5.86. The van der Waals surface area contributed by atoms with E-state index < -0.39 is 17.2 Å². The molecule has 0 radical (unpaired) electrons. The van der Waals surface area contributed by atoms with Crippen LogP contribution in [0.4, 0.5) is 11.5 Å². The summed E-state index contributed by atoms with van der Waals surface area (Å²) in [6.07, 6.45) is 4.66. The second-order valence-electron chi connectivity index (χ2n) is 12.8. The molecule has 7 rings (SSSR count). The van der Waals surface area contributed by atoms with Gasteiger partial charge in [0.25, 0.3) is 5.56 Å². The van der Waals surface area contributed by atoms with Gasteiger partial charge in [0.05, 0.1) is 29.3 Å². The van der Waals surface area contributed by atoms with E-state index in [9.17, 15) is 19.5 Å². The number of aryl methyl sites for hydroxylation is 2. The van der Waals surface area contributed by atoms with Crippen LogP contribution in [0.2, 0.25) is 5.02 Å². The molecule has 11 nitrogen and oxygen atoms in total. The third-order valence-electron chi connectivity index (χ3n) is 10.2. The zero-order valence-electron chi connectivity index (χ0n) is 27.8. The molecule has 2 aromatic carbocycles. The van der Waals surface area contributed by atoms with Crippen molar-refractivity contribution in [1.82, 2.24) is 24.0 Å². The first kappa shape index (κ1) is 32.5. The number of carbonyl (C=O) groups is 1. The minimum Gasteiger partial charge on any atom is -0.481 e. The Morgan fingerprint density at radius 2 is 1.71 bits per heavy atom. The molecule has 1 fully saturated rings. The molecule has 1 aliphatic heterocycles. The van der Waals surface area contributed by atoms with Gasteiger partial charge in [-0.2, -0.15) is 0 Å². The minimum atomic E-state index is -0.712. The molecule has 12 heteroatoms. The van der Waals surface area contributed by atoms with E-state index in [1.165, 1.54) is 17.2 Å². The molecule has 0 spiro atoms. The molecule has 0 unspecified atom stereocenters. The maximum atomic E-state index is 13.2. The van der Waals surface area contributed by atoms with Crippen LogP contribution in [-0.4, -0.2) is 55.3 Å². The Bertz CT molecular complexity index is 2260. The number of carboxylic acids is 1. The van der Waals surface area contributed by atoms with Gasteiger partial charge >= 0.3 is 11.7 Å². The number of ether oxygens (including phenoxy) is 1. The van der Waals surface area contributed by atoms with E-state index >= 15 is 0 Å². The number of nitrogens with zero attached hydrogens (tertiary/aromatic N) is 5. The van der Waals surface area contributed by atoms with Crippen LogP contribution < -0.4 is 21.3 Å². The highest BCUT2D eigenvalue weighted by Crippen LogP contribution is 2.45. The summed E-state index contributed by atoms with van der Waals surface area (Å²) in [6.45, 7) is 3.45. The summed E-state index contributed by atoms with van der Waals surface area (Å²) < 4.78 is 8.39. The highest BCUT2D eigenvalue weighted by Gasteiger charge is 2.36. The van der Waals surface area contributed by atoms with Gasteiger partial charge in [-0.15, -0.1) is 0 Å². The highest BCUT2D eigenvalue weighted by atomic mass is 35.5. The van der Waals surface area contributed by atoms with E-state index in [4.69, 9.17) is 21.3 Å². The van der Waals surface area contributed by atoms with Crippen LogP contribution in [0.25, 0.3) is 33.3 Å². The standard InChI is InChI=1S/C37H37ClN6O5/c1-20-23(7-6-10-26(20)40-33-31-28(13-16-39-33)42(2)37(48)43(3)35(31)45)24-8-5-9-25(32(24)38)27-19-22-11-12-29(30(22)34(41-27)49-4)44-17-14-21(15-18-44)36(46)47/h5-10,13,16,19,21,29H,11-12,14-15,17-18H2,1-4H3,(H,39,40)(H,46,47)/t29-/m0/s1. The van der Waals surface area contributed by atoms with Gasteiger partial charge in [0.15, 0.2) is 0 Å². The molecule has 5 aromatic rings. The summed E-state index contributed by atoms with van der Waals surface area (Å²) in [4.78, 5) is 49.0. The van der Waals surface area contributed by atoms with Gasteiger partial charge in [0, 0.05) is 48.7 Å². The van der Waals surface area contributed by atoms with E-state index in [-0.39, 0.29) is 12.0 Å². The fraction of sp³-hybridized carbons (Fsp3) is 0.324. The Labute approximate surface area is 287 Å². The van der Waals surface area contributed by atoms with Crippen molar-refractivity contribution < 1.29 is 14.6 Å². The van der Waals surface area contributed by atoms with E-state index in [2.05, 4.69) is 21.3 Å². The van der Waals surface area contributed by atoms with Gasteiger partial charge in [-0.3, -0.25) is 23.6 Å². The lowest BCUT2D eigenvalue weighted by Crippen LogP contribution is -2.38. The van der Waals surface area contributed by atoms with Crippen molar-refractivity contribution in [2.75, 3.05) is 25.5 Å². The lowest BCUT2D eigenvalue weighted by molar-refractivity contribution is -0.143. The van der Waals surface area contributed by atoms with Crippen LogP contribution >= 0.6 is 11.6 Å². The number of hydrogen-bond donors (Lipinski definition) is 2. The maximum absolute atomic E-state index is 13.2. The van der Waals surface area contributed by atoms with Crippen molar-refractivity contribution in [3.8, 4) is 28.3 Å². The third kappa shape index (κ3) is 5.56. The normalized spacial score (nSPS) is 16.6. The van der Waals surface area contributed by atoms with Crippen molar-refractivity contribution in [2.45, 2.75) is 38.6 Å². The molecule has 0 bridgehead atoms. The molecule has 252 valence electrons. The zero-order valence-corrected chi connectivity index (χ0v) is 28.5. The monoisotopic (exact) mass is 680 g/mol. The summed E-state index contributed by atoms with van der Waals surface area (Å²) in [6, 6.07) is 15.6. The van der Waals surface area contributed by atoms with Crippen molar-refractivity contribution in [1.29, 1.82) is 0 Å². The Morgan fingerprint density at radius 3 is 2.45 bits per heavy atom. The molecular weight excluding hydrogens is 644 g/mol. The van der Waals surface area contributed by atoms with Gasteiger partial charge in [0.1, 0.15) is 11.2 Å². The maximum Gasteiger partial charge on any atom is 0.330 e. The number of carboxylic acid groups (broad SMARTS) is 1.